The fourth-order valence-corrected chi connectivity index (χ4v) is 4.66. The largest absolute Gasteiger partial charge is 0.391 e. The van der Waals surface area contributed by atoms with Gasteiger partial charge in [0.25, 0.3) is 0 Å². The van der Waals surface area contributed by atoms with Gasteiger partial charge in [0.1, 0.15) is 0 Å². The highest BCUT2D eigenvalue weighted by molar-refractivity contribution is 7.89. The molecule has 2 saturated heterocycles. The van der Waals surface area contributed by atoms with E-state index in [1.165, 1.54) is 4.31 Å². The highest BCUT2D eigenvalue weighted by Gasteiger charge is 2.42. The average Bonchev–Trinajstić information content (AvgIpc) is 2.44. The fourth-order valence-electron chi connectivity index (χ4n) is 3.02. The lowest BCUT2D eigenvalue weighted by Gasteiger charge is -2.46. The smallest absolute Gasteiger partial charge is 0.243 e. The van der Waals surface area contributed by atoms with Crippen molar-refractivity contribution in [3.63, 3.8) is 0 Å². The quantitative estimate of drug-likeness (QED) is 0.860. The van der Waals surface area contributed by atoms with Gasteiger partial charge in [0.2, 0.25) is 10.0 Å². The van der Waals surface area contributed by atoms with Crippen molar-refractivity contribution in [2.75, 3.05) is 26.2 Å². The molecule has 0 spiro atoms. The number of piperazine rings is 1. The number of aliphatic hydroxyl groups excluding tert-OH is 1. The van der Waals surface area contributed by atoms with E-state index in [0.717, 1.165) is 18.7 Å². The molecule has 0 radical (unpaired) electrons. The maximum absolute atomic E-state index is 12.7. The minimum absolute atomic E-state index is 0.314. The molecule has 1 unspecified atom stereocenters. The van der Waals surface area contributed by atoms with Crippen LogP contribution in [-0.4, -0.2) is 61.1 Å². The van der Waals surface area contributed by atoms with Crippen LogP contribution in [0.2, 0.25) is 0 Å². The monoisotopic (exact) mass is 296 g/mol. The van der Waals surface area contributed by atoms with E-state index >= 15 is 0 Å². The number of piperidine rings is 1. The number of hydrogen-bond donors (Lipinski definition) is 1. The zero-order chi connectivity index (χ0) is 14.3. The molecule has 2 heterocycles. The van der Waals surface area contributed by atoms with E-state index in [9.17, 15) is 13.5 Å². The summed E-state index contributed by atoms with van der Waals surface area (Å²) in [6.07, 6.45) is 0.0803. The van der Waals surface area contributed by atoms with E-state index in [0.29, 0.717) is 24.4 Å². The summed E-state index contributed by atoms with van der Waals surface area (Å²) in [5.74, 6) is 0. The molecule has 0 saturated carbocycles. The normalized spacial score (nSPS) is 31.2. The summed E-state index contributed by atoms with van der Waals surface area (Å²) < 4.78 is 27.0. The minimum Gasteiger partial charge on any atom is -0.391 e. The van der Waals surface area contributed by atoms with Crippen molar-refractivity contribution in [2.24, 2.45) is 0 Å². The van der Waals surface area contributed by atoms with Gasteiger partial charge in [-0.1, -0.05) is 17.7 Å². The Bertz CT molecular complexity index is 585. The molecule has 0 aromatic heterocycles. The first kappa shape index (κ1) is 14.0. The Hall–Kier alpha value is -0.950. The summed E-state index contributed by atoms with van der Waals surface area (Å²) in [6.45, 7) is 4.62. The molecule has 20 heavy (non-hydrogen) atoms. The van der Waals surface area contributed by atoms with Crippen LogP contribution in [0.3, 0.4) is 0 Å². The molecule has 2 fully saturated rings. The van der Waals surface area contributed by atoms with Crippen LogP contribution < -0.4 is 0 Å². The Morgan fingerprint density at radius 2 is 1.85 bits per heavy atom. The molecule has 2 aliphatic heterocycles. The first-order valence-corrected chi connectivity index (χ1v) is 8.41. The SMILES string of the molecule is Cc1ccc(S(=O)(=O)N2CCN3CC[C@H](O)[C@H]2C3)cc1. The summed E-state index contributed by atoms with van der Waals surface area (Å²) in [4.78, 5) is 2.53. The van der Waals surface area contributed by atoms with Gasteiger partial charge in [-0.25, -0.2) is 8.42 Å². The van der Waals surface area contributed by atoms with Gasteiger partial charge in [-0.2, -0.15) is 4.31 Å². The van der Waals surface area contributed by atoms with Gasteiger partial charge in [-0.15, -0.1) is 0 Å². The van der Waals surface area contributed by atoms with Crippen LogP contribution in [0.25, 0.3) is 0 Å². The van der Waals surface area contributed by atoms with Crippen LogP contribution >= 0.6 is 0 Å². The van der Waals surface area contributed by atoms with Crippen molar-refractivity contribution in [1.29, 1.82) is 0 Å². The number of nitrogens with zero attached hydrogens (tertiary/aromatic N) is 2. The molecule has 2 bridgehead atoms. The summed E-state index contributed by atoms with van der Waals surface area (Å²) in [6, 6.07) is 6.59. The molecule has 0 aliphatic carbocycles. The second-order valence-corrected chi connectivity index (χ2v) is 7.54. The van der Waals surface area contributed by atoms with Crippen LogP contribution in [0, 0.1) is 6.92 Å². The Balaban J connectivity index is 1.92. The maximum Gasteiger partial charge on any atom is 0.243 e. The van der Waals surface area contributed by atoms with Gasteiger partial charge in [-0.05, 0) is 25.5 Å². The molecule has 0 amide bonds. The number of benzene rings is 1. The van der Waals surface area contributed by atoms with Crippen LogP contribution in [0.1, 0.15) is 12.0 Å². The third-order valence-corrected chi connectivity index (χ3v) is 6.20. The maximum atomic E-state index is 12.7. The van der Waals surface area contributed by atoms with Gasteiger partial charge in [0.15, 0.2) is 0 Å². The lowest BCUT2D eigenvalue weighted by atomic mass is 10.0. The van der Waals surface area contributed by atoms with Crippen molar-refractivity contribution >= 4 is 10.0 Å². The molecule has 3 atom stereocenters. The summed E-state index contributed by atoms with van der Waals surface area (Å²) in [7, 11) is -3.52. The third-order valence-electron chi connectivity index (χ3n) is 4.26. The fraction of sp³-hybridized carbons (Fsp3) is 0.571. The predicted octanol–water partition coefficient (Wildman–Crippen LogP) is 0.435. The zero-order valence-corrected chi connectivity index (χ0v) is 12.4. The molecule has 6 heteroatoms. The second-order valence-electron chi connectivity index (χ2n) is 5.65. The molecule has 2 aliphatic rings. The second kappa shape index (κ2) is 5.11. The van der Waals surface area contributed by atoms with Crippen molar-refractivity contribution in [2.45, 2.75) is 30.4 Å². The number of fused-ring (bicyclic) bond motifs is 2. The lowest BCUT2D eigenvalue weighted by Crippen LogP contribution is -2.62. The Morgan fingerprint density at radius 1 is 1.15 bits per heavy atom. The van der Waals surface area contributed by atoms with E-state index < -0.39 is 16.1 Å². The Labute approximate surface area is 119 Å². The van der Waals surface area contributed by atoms with Gasteiger partial charge >= 0.3 is 0 Å². The molecule has 3 rings (SSSR count). The Kier molecular flexibility index (Phi) is 3.58. The lowest BCUT2D eigenvalue weighted by molar-refractivity contribution is -0.0115. The van der Waals surface area contributed by atoms with Gasteiger partial charge in [0, 0.05) is 26.2 Å². The van der Waals surface area contributed by atoms with Crippen molar-refractivity contribution in [1.82, 2.24) is 9.21 Å². The molecule has 1 N–H and O–H groups in total. The molecular formula is C14H20N2O3S. The topological polar surface area (TPSA) is 60.9 Å². The zero-order valence-electron chi connectivity index (χ0n) is 11.6. The molecule has 1 aromatic rings. The van der Waals surface area contributed by atoms with E-state index in [2.05, 4.69) is 4.90 Å². The van der Waals surface area contributed by atoms with E-state index in [4.69, 9.17) is 0 Å². The van der Waals surface area contributed by atoms with Gasteiger partial charge in [-0.3, -0.25) is 0 Å². The number of hydrogen-bond acceptors (Lipinski definition) is 4. The van der Waals surface area contributed by atoms with Gasteiger partial charge in [0.05, 0.1) is 17.0 Å². The summed E-state index contributed by atoms with van der Waals surface area (Å²) in [5.41, 5.74) is 1.03. The van der Waals surface area contributed by atoms with Crippen LogP contribution in [0.4, 0.5) is 0 Å². The third kappa shape index (κ3) is 2.37. The average molecular weight is 296 g/mol. The number of aliphatic hydroxyl groups is 1. The van der Waals surface area contributed by atoms with Crippen molar-refractivity contribution < 1.29 is 13.5 Å². The summed E-state index contributed by atoms with van der Waals surface area (Å²) >= 11 is 0. The van der Waals surface area contributed by atoms with E-state index in [1.54, 1.807) is 24.3 Å². The molecular weight excluding hydrogens is 276 g/mol. The first-order chi connectivity index (χ1) is 9.48. The number of rotatable bonds is 2. The summed E-state index contributed by atoms with van der Waals surface area (Å²) in [5, 5.41) is 10.1. The molecule has 110 valence electrons. The van der Waals surface area contributed by atoms with Crippen LogP contribution in [0.5, 0.6) is 0 Å². The van der Waals surface area contributed by atoms with Gasteiger partial charge < -0.3 is 10.0 Å². The van der Waals surface area contributed by atoms with Crippen molar-refractivity contribution in [3.8, 4) is 0 Å². The van der Waals surface area contributed by atoms with E-state index in [-0.39, 0.29) is 6.04 Å². The van der Waals surface area contributed by atoms with Crippen LogP contribution in [0.15, 0.2) is 29.2 Å². The highest BCUT2D eigenvalue weighted by atomic mass is 32.2. The first-order valence-electron chi connectivity index (χ1n) is 6.97. The minimum atomic E-state index is -3.52. The van der Waals surface area contributed by atoms with E-state index in [1.807, 2.05) is 6.92 Å². The number of aryl methyl sites for hydroxylation is 1. The standard InChI is InChI=1S/C14H20N2O3S/c1-11-2-4-12(5-3-11)20(18,19)16-9-8-15-7-6-14(17)13(16)10-15/h2-5,13-14,17H,6-10H2,1H3/t13-,14+/m1/s1. The highest BCUT2D eigenvalue weighted by Crippen LogP contribution is 2.27. The van der Waals surface area contributed by atoms with Crippen LogP contribution in [-0.2, 0) is 10.0 Å². The predicted molar refractivity (Wildman–Crippen MR) is 75.9 cm³/mol. The molecule has 5 nitrogen and oxygen atoms in total. The molecule has 1 aromatic carbocycles. The van der Waals surface area contributed by atoms with Crippen molar-refractivity contribution in [3.05, 3.63) is 29.8 Å². The Morgan fingerprint density at radius 3 is 2.55 bits per heavy atom. The number of sulfonamides is 1.